The summed E-state index contributed by atoms with van der Waals surface area (Å²) in [7, 11) is 0. The van der Waals surface area contributed by atoms with Gasteiger partial charge in [0.2, 0.25) is 17.8 Å². The van der Waals surface area contributed by atoms with E-state index in [1.807, 2.05) is 64.2 Å². The molecule has 0 atom stereocenters. The molecule has 5 heterocycles. The second kappa shape index (κ2) is 10.1. The van der Waals surface area contributed by atoms with Crippen molar-refractivity contribution in [3.05, 3.63) is 60.6 Å². The van der Waals surface area contributed by atoms with Gasteiger partial charge in [0.25, 0.3) is 0 Å². The van der Waals surface area contributed by atoms with Crippen molar-refractivity contribution < 1.29 is 9.53 Å². The Labute approximate surface area is 225 Å². The van der Waals surface area contributed by atoms with Crippen molar-refractivity contribution >= 4 is 33.8 Å². The Bertz CT molecular complexity index is 1650. The van der Waals surface area contributed by atoms with Crippen LogP contribution in [0.1, 0.15) is 25.1 Å². The van der Waals surface area contributed by atoms with Crippen LogP contribution in [0.25, 0.3) is 39.3 Å². The van der Waals surface area contributed by atoms with Crippen LogP contribution in [-0.2, 0) is 16.0 Å². The predicted octanol–water partition coefficient (Wildman–Crippen LogP) is 3.75. The molecule has 0 radical (unpaired) electrons. The van der Waals surface area contributed by atoms with Gasteiger partial charge in [-0.2, -0.15) is 15.0 Å². The quantitative estimate of drug-likeness (QED) is 0.362. The van der Waals surface area contributed by atoms with Crippen molar-refractivity contribution in [2.45, 2.75) is 25.7 Å². The first-order valence-electron chi connectivity index (χ1n) is 13.6. The molecule has 1 N–H and O–H groups in total. The highest BCUT2D eigenvalue weighted by Gasteiger charge is 2.23. The Morgan fingerprint density at radius 3 is 2.56 bits per heavy atom. The highest BCUT2D eigenvalue weighted by molar-refractivity contribution is 5.93. The van der Waals surface area contributed by atoms with E-state index in [-0.39, 0.29) is 5.91 Å². The van der Waals surface area contributed by atoms with E-state index in [9.17, 15) is 4.79 Å². The molecule has 2 fully saturated rings. The highest BCUT2D eigenvalue weighted by atomic mass is 16.5. The number of fused-ring (bicyclic) bond motifs is 2. The van der Waals surface area contributed by atoms with Crippen molar-refractivity contribution in [3.63, 3.8) is 0 Å². The fraction of sp³-hybridized carbons (Fsp3) is 0.345. The van der Waals surface area contributed by atoms with Crippen LogP contribution in [0.5, 0.6) is 0 Å². The molecule has 3 aromatic heterocycles. The summed E-state index contributed by atoms with van der Waals surface area (Å²) >= 11 is 0. The molecule has 39 heavy (non-hydrogen) atoms. The average Bonchev–Trinajstić information content (AvgIpc) is 3.76. The summed E-state index contributed by atoms with van der Waals surface area (Å²) in [5.74, 6) is 2.67. The van der Waals surface area contributed by atoms with E-state index < -0.39 is 0 Å². The van der Waals surface area contributed by atoms with Crippen molar-refractivity contribution in [1.29, 1.82) is 0 Å². The number of imidazole rings is 1. The number of hydrogen-bond acceptors (Lipinski definition) is 7. The molecule has 198 valence electrons. The molecule has 2 saturated heterocycles. The molecule has 0 bridgehead atoms. The maximum atomic E-state index is 12.9. The number of hydrogen-bond donors (Lipinski definition) is 1. The number of anilines is 1. The van der Waals surface area contributed by atoms with Gasteiger partial charge in [-0.1, -0.05) is 24.3 Å². The van der Waals surface area contributed by atoms with Gasteiger partial charge in [-0.3, -0.25) is 9.36 Å². The first-order chi connectivity index (χ1) is 19.2. The normalized spacial score (nSPS) is 16.0. The second-order valence-electron chi connectivity index (χ2n) is 10.0. The van der Waals surface area contributed by atoms with Crippen LogP contribution in [0.4, 0.5) is 5.95 Å². The van der Waals surface area contributed by atoms with Crippen molar-refractivity contribution in [3.8, 4) is 17.3 Å². The van der Waals surface area contributed by atoms with Gasteiger partial charge in [0, 0.05) is 61.7 Å². The lowest BCUT2D eigenvalue weighted by atomic mass is 10.1. The number of aromatic amines is 1. The number of rotatable bonds is 6. The lowest BCUT2D eigenvalue weighted by Crippen LogP contribution is -2.37. The van der Waals surface area contributed by atoms with Gasteiger partial charge in [-0.15, -0.1) is 0 Å². The molecule has 1 amide bonds. The minimum atomic E-state index is 0.176. The van der Waals surface area contributed by atoms with Crippen LogP contribution in [-0.4, -0.2) is 79.7 Å². The van der Waals surface area contributed by atoms with Crippen molar-refractivity contribution in [2.24, 2.45) is 0 Å². The Morgan fingerprint density at radius 2 is 1.69 bits per heavy atom. The Morgan fingerprint density at radius 1 is 0.872 bits per heavy atom. The van der Waals surface area contributed by atoms with E-state index in [0.29, 0.717) is 56.9 Å². The second-order valence-corrected chi connectivity index (χ2v) is 10.0. The summed E-state index contributed by atoms with van der Waals surface area (Å²) in [6, 6.07) is 16.1. The van der Waals surface area contributed by atoms with Crippen LogP contribution >= 0.6 is 0 Å². The van der Waals surface area contributed by atoms with E-state index in [0.717, 1.165) is 59.3 Å². The Kier molecular flexibility index (Phi) is 6.16. The topological polar surface area (TPSA) is 105 Å². The lowest BCUT2D eigenvalue weighted by Gasteiger charge is -2.27. The van der Waals surface area contributed by atoms with Crippen LogP contribution in [0.3, 0.4) is 0 Å². The number of morpholine rings is 1. The number of amides is 1. The number of likely N-dealkylation sites (tertiary alicyclic amines) is 1. The number of H-pyrrole nitrogens is 1. The van der Waals surface area contributed by atoms with Gasteiger partial charge in [-0.05, 0) is 37.1 Å². The molecule has 10 nitrogen and oxygen atoms in total. The first kappa shape index (κ1) is 23.8. The molecule has 0 spiro atoms. The fourth-order valence-corrected chi connectivity index (χ4v) is 5.57. The molecule has 0 aliphatic carbocycles. The molecule has 0 unspecified atom stereocenters. The van der Waals surface area contributed by atoms with E-state index in [1.165, 1.54) is 0 Å². The smallest absolute Gasteiger partial charge is 0.241 e. The summed E-state index contributed by atoms with van der Waals surface area (Å²) < 4.78 is 7.59. The number of nitrogens with one attached hydrogen (secondary N) is 1. The first-order valence-corrected chi connectivity index (χ1v) is 13.6. The number of benzene rings is 2. The monoisotopic (exact) mass is 522 g/mol. The average molecular weight is 523 g/mol. The van der Waals surface area contributed by atoms with E-state index in [1.54, 1.807) is 0 Å². The summed E-state index contributed by atoms with van der Waals surface area (Å²) in [6.07, 6.45) is 5.00. The third-order valence-electron chi connectivity index (χ3n) is 7.59. The summed E-state index contributed by atoms with van der Waals surface area (Å²) in [5, 5.41) is 1.05. The SMILES string of the molecule is O=C(CCc1nc2ccccc2n1-c1nc(-c2cccc3[nH]ccc23)nc(N2CCOCC2)n1)N1CCCC1. The number of carbonyl (C=O) groups is 1. The molecule has 7 rings (SSSR count). The maximum Gasteiger partial charge on any atom is 0.241 e. The van der Waals surface area contributed by atoms with Gasteiger partial charge in [0.15, 0.2) is 5.82 Å². The minimum Gasteiger partial charge on any atom is -0.378 e. The van der Waals surface area contributed by atoms with Crippen molar-refractivity contribution in [2.75, 3.05) is 44.3 Å². The minimum absolute atomic E-state index is 0.176. The zero-order valence-electron chi connectivity index (χ0n) is 21.7. The zero-order chi connectivity index (χ0) is 26.2. The number of aromatic nitrogens is 6. The molecule has 2 aliphatic rings. The maximum absolute atomic E-state index is 12.9. The van der Waals surface area contributed by atoms with Crippen LogP contribution in [0.2, 0.25) is 0 Å². The molecule has 5 aromatic rings. The summed E-state index contributed by atoms with van der Waals surface area (Å²) in [6.45, 7) is 4.36. The van der Waals surface area contributed by atoms with Gasteiger partial charge in [0.1, 0.15) is 5.82 Å². The molecule has 0 saturated carbocycles. The fourth-order valence-electron chi connectivity index (χ4n) is 5.57. The van der Waals surface area contributed by atoms with Gasteiger partial charge < -0.3 is 19.5 Å². The number of para-hydroxylation sites is 2. The zero-order valence-corrected chi connectivity index (χ0v) is 21.7. The summed E-state index contributed by atoms with van der Waals surface area (Å²) in [4.78, 5) is 40.2. The summed E-state index contributed by atoms with van der Waals surface area (Å²) in [5.41, 5.74) is 3.72. The van der Waals surface area contributed by atoms with Crippen molar-refractivity contribution in [1.82, 2.24) is 34.4 Å². The third-order valence-corrected chi connectivity index (χ3v) is 7.59. The van der Waals surface area contributed by atoms with Gasteiger partial charge in [-0.25, -0.2) is 4.98 Å². The molecular weight excluding hydrogens is 492 g/mol. The number of aryl methyl sites for hydroxylation is 1. The number of carbonyl (C=O) groups excluding carboxylic acids is 1. The lowest BCUT2D eigenvalue weighted by molar-refractivity contribution is -0.130. The van der Waals surface area contributed by atoms with Crippen LogP contribution in [0, 0.1) is 0 Å². The van der Waals surface area contributed by atoms with E-state index in [4.69, 9.17) is 24.7 Å². The Hall–Kier alpha value is -4.31. The van der Waals surface area contributed by atoms with Gasteiger partial charge >= 0.3 is 0 Å². The number of ether oxygens (including phenoxy) is 1. The molecule has 2 aliphatic heterocycles. The molecule has 10 heteroatoms. The third kappa shape index (κ3) is 4.50. The molecule has 2 aromatic carbocycles. The highest BCUT2D eigenvalue weighted by Crippen LogP contribution is 2.29. The van der Waals surface area contributed by atoms with E-state index >= 15 is 0 Å². The predicted molar refractivity (Wildman–Crippen MR) is 149 cm³/mol. The van der Waals surface area contributed by atoms with Crippen LogP contribution < -0.4 is 4.90 Å². The Balaban J connectivity index is 1.36. The van der Waals surface area contributed by atoms with Gasteiger partial charge in [0.05, 0.1) is 24.2 Å². The largest absolute Gasteiger partial charge is 0.378 e. The molecular formula is C29H30N8O2. The van der Waals surface area contributed by atoms with Crippen LogP contribution in [0.15, 0.2) is 54.7 Å². The van der Waals surface area contributed by atoms with E-state index in [2.05, 4.69) is 9.88 Å². The standard InChI is InChI=1S/C29H30N8O2/c38-26(35-14-3-4-15-35)11-10-25-31-23-7-1-2-9-24(23)37(25)29-33-27(21-6-5-8-22-20(21)12-13-30-22)32-28(34-29)36-16-18-39-19-17-36/h1-2,5-9,12-13,30H,3-4,10-11,14-19H2. The number of nitrogens with zero attached hydrogens (tertiary/aromatic N) is 7.